The molecule has 1 rings (SSSR count). The second kappa shape index (κ2) is 5.39. The third kappa shape index (κ3) is 4.04. The highest BCUT2D eigenvalue weighted by molar-refractivity contribution is 5.66. The van der Waals surface area contributed by atoms with Crippen LogP contribution in [0.1, 0.15) is 18.6 Å². The lowest BCUT2D eigenvalue weighted by molar-refractivity contribution is -0.137. The summed E-state index contributed by atoms with van der Waals surface area (Å²) in [6.45, 7) is 1.41. The van der Waals surface area contributed by atoms with E-state index in [4.69, 9.17) is 9.63 Å². The maximum atomic E-state index is 10.3. The van der Waals surface area contributed by atoms with Crippen molar-refractivity contribution in [2.75, 3.05) is 13.6 Å². The average molecular weight is 198 g/mol. The highest BCUT2D eigenvalue weighted by atomic mass is 16.5. The Bertz CT molecular complexity index is 272. The molecule has 0 radical (unpaired) electrons. The van der Waals surface area contributed by atoms with Crippen LogP contribution >= 0.6 is 0 Å². The largest absolute Gasteiger partial charge is 0.481 e. The van der Waals surface area contributed by atoms with E-state index in [1.807, 2.05) is 11.9 Å². The average Bonchev–Trinajstić information content (AvgIpc) is 2.56. The van der Waals surface area contributed by atoms with Crippen LogP contribution in [0.4, 0.5) is 0 Å². The smallest absolute Gasteiger partial charge is 0.303 e. The maximum Gasteiger partial charge on any atom is 0.303 e. The Morgan fingerprint density at radius 2 is 2.50 bits per heavy atom. The Kier molecular flexibility index (Phi) is 4.12. The van der Waals surface area contributed by atoms with Crippen molar-refractivity contribution in [1.29, 1.82) is 0 Å². The van der Waals surface area contributed by atoms with E-state index in [1.54, 1.807) is 12.3 Å². The minimum absolute atomic E-state index is 0.209. The van der Waals surface area contributed by atoms with E-state index in [1.165, 1.54) is 0 Å². The summed E-state index contributed by atoms with van der Waals surface area (Å²) >= 11 is 0. The van der Waals surface area contributed by atoms with E-state index in [-0.39, 0.29) is 6.42 Å². The molecule has 0 spiro atoms. The second-order valence-electron chi connectivity index (χ2n) is 3.21. The van der Waals surface area contributed by atoms with Crippen LogP contribution in [0.15, 0.2) is 16.8 Å². The first-order chi connectivity index (χ1) is 6.68. The first-order valence-corrected chi connectivity index (χ1v) is 4.48. The Hall–Kier alpha value is -1.36. The Balaban J connectivity index is 2.16. The SMILES string of the molecule is CN(CCCC(=O)O)Cc1ccno1. The Morgan fingerprint density at radius 3 is 3.07 bits per heavy atom. The van der Waals surface area contributed by atoms with Crippen LogP contribution < -0.4 is 0 Å². The molecule has 0 fully saturated rings. The summed E-state index contributed by atoms with van der Waals surface area (Å²) in [4.78, 5) is 12.3. The number of aromatic nitrogens is 1. The molecule has 1 aromatic heterocycles. The van der Waals surface area contributed by atoms with Crippen LogP contribution in [-0.4, -0.2) is 34.7 Å². The fourth-order valence-electron chi connectivity index (χ4n) is 1.17. The highest BCUT2D eigenvalue weighted by Gasteiger charge is 2.04. The second-order valence-corrected chi connectivity index (χ2v) is 3.21. The number of nitrogens with zero attached hydrogens (tertiary/aromatic N) is 2. The van der Waals surface area contributed by atoms with Crippen molar-refractivity contribution in [3.8, 4) is 0 Å². The molecule has 0 saturated carbocycles. The predicted molar refractivity (Wildman–Crippen MR) is 49.7 cm³/mol. The number of aliphatic carboxylic acids is 1. The van der Waals surface area contributed by atoms with Crippen LogP contribution in [0, 0.1) is 0 Å². The number of carboxylic acid groups (broad SMARTS) is 1. The van der Waals surface area contributed by atoms with E-state index in [0.29, 0.717) is 13.0 Å². The van der Waals surface area contributed by atoms with Crippen LogP contribution in [-0.2, 0) is 11.3 Å². The van der Waals surface area contributed by atoms with Gasteiger partial charge >= 0.3 is 5.97 Å². The van der Waals surface area contributed by atoms with E-state index in [2.05, 4.69) is 5.16 Å². The third-order valence-electron chi connectivity index (χ3n) is 1.85. The molecule has 0 amide bonds. The Morgan fingerprint density at radius 1 is 1.71 bits per heavy atom. The molecule has 0 atom stereocenters. The minimum atomic E-state index is -0.752. The van der Waals surface area contributed by atoms with Gasteiger partial charge in [0.15, 0.2) is 5.76 Å². The van der Waals surface area contributed by atoms with Gasteiger partial charge in [0.2, 0.25) is 0 Å². The highest BCUT2D eigenvalue weighted by Crippen LogP contribution is 2.02. The number of carbonyl (C=O) groups is 1. The maximum absolute atomic E-state index is 10.3. The van der Waals surface area contributed by atoms with Gasteiger partial charge in [-0.15, -0.1) is 0 Å². The molecule has 1 aromatic rings. The van der Waals surface area contributed by atoms with Gasteiger partial charge in [-0.25, -0.2) is 0 Å². The van der Waals surface area contributed by atoms with Gasteiger partial charge in [-0.05, 0) is 20.0 Å². The van der Waals surface area contributed by atoms with Crippen LogP contribution in [0.3, 0.4) is 0 Å². The van der Waals surface area contributed by atoms with E-state index < -0.39 is 5.97 Å². The molecule has 5 nitrogen and oxygen atoms in total. The van der Waals surface area contributed by atoms with Gasteiger partial charge < -0.3 is 9.63 Å². The predicted octanol–water partition coefficient (Wildman–Crippen LogP) is 0.971. The van der Waals surface area contributed by atoms with Crippen LogP contribution in [0.5, 0.6) is 0 Å². The zero-order valence-electron chi connectivity index (χ0n) is 8.14. The normalized spacial score (nSPS) is 10.7. The van der Waals surface area contributed by atoms with Crippen molar-refractivity contribution in [3.05, 3.63) is 18.0 Å². The van der Waals surface area contributed by atoms with Crippen molar-refractivity contribution < 1.29 is 14.4 Å². The third-order valence-corrected chi connectivity index (χ3v) is 1.85. The number of hydrogen-bond donors (Lipinski definition) is 1. The first-order valence-electron chi connectivity index (χ1n) is 4.48. The molecular formula is C9H14N2O3. The summed E-state index contributed by atoms with van der Waals surface area (Å²) < 4.78 is 4.92. The number of hydrogen-bond acceptors (Lipinski definition) is 4. The molecule has 0 bridgehead atoms. The lowest BCUT2D eigenvalue weighted by atomic mass is 10.3. The summed E-state index contributed by atoms with van der Waals surface area (Å²) in [6.07, 6.45) is 2.46. The van der Waals surface area contributed by atoms with Gasteiger partial charge in [0.1, 0.15) is 0 Å². The molecule has 14 heavy (non-hydrogen) atoms. The summed E-state index contributed by atoms with van der Waals surface area (Å²) in [5.74, 6) is 0.0425. The summed E-state index contributed by atoms with van der Waals surface area (Å²) in [5, 5.41) is 12.0. The standard InChI is InChI=1S/C9H14N2O3/c1-11(6-2-3-9(12)13)7-8-4-5-10-14-8/h4-5H,2-3,6-7H2,1H3,(H,12,13). The quantitative estimate of drug-likeness (QED) is 0.737. The molecule has 0 aromatic carbocycles. The molecule has 0 saturated heterocycles. The minimum Gasteiger partial charge on any atom is -0.481 e. The molecule has 0 aliphatic heterocycles. The van der Waals surface area contributed by atoms with E-state index in [0.717, 1.165) is 12.3 Å². The zero-order valence-corrected chi connectivity index (χ0v) is 8.14. The van der Waals surface area contributed by atoms with Crippen molar-refractivity contribution in [1.82, 2.24) is 10.1 Å². The van der Waals surface area contributed by atoms with E-state index >= 15 is 0 Å². The summed E-state index contributed by atoms with van der Waals surface area (Å²) in [5.41, 5.74) is 0. The Labute approximate surface area is 82.3 Å². The van der Waals surface area contributed by atoms with Crippen LogP contribution in [0.25, 0.3) is 0 Å². The van der Waals surface area contributed by atoms with Gasteiger partial charge in [0.25, 0.3) is 0 Å². The van der Waals surface area contributed by atoms with Crippen LogP contribution in [0.2, 0.25) is 0 Å². The van der Waals surface area contributed by atoms with Gasteiger partial charge in [-0.1, -0.05) is 5.16 Å². The van der Waals surface area contributed by atoms with Gasteiger partial charge in [0.05, 0.1) is 12.7 Å². The van der Waals surface area contributed by atoms with Gasteiger partial charge in [0, 0.05) is 12.5 Å². The molecule has 0 aliphatic rings. The van der Waals surface area contributed by atoms with Gasteiger partial charge in [-0.3, -0.25) is 9.69 Å². The number of rotatable bonds is 6. The fourth-order valence-corrected chi connectivity index (χ4v) is 1.17. The molecule has 1 N–H and O–H groups in total. The van der Waals surface area contributed by atoms with Crippen molar-refractivity contribution in [3.63, 3.8) is 0 Å². The first kappa shape index (κ1) is 10.7. The summed E-state index contributed by atoms with van der Waals surface area (Å²) in [6, 6.07) is 1.80. The van der Waals surface area contributed by atoms with E-state index in [9.17, 15) is 4.79 Å². The zero-order chi connectivity index (χ0) is 10.4. The molecular weight excluding hydrogens is 184 g/mol. The number of carboxylic acids is 1. The van der Waals surface area contributed by atoms with Crippen molar-refractivity contribution in [2.24, 2.45) is 0 Å². The van der Waals surface area contributed by atoms with Gasteiger partial charge in [-0.2, -0.15) is 0 Å². The molecule has 1 heterocycles. The summed E-state index contributed by atoms with van der Waals surface area (Å²) in [7, 11) is 1.92. The van der Waals surface area contributed by atoms with Crippen molar-refractivity contribution in [2.45, 2.75) is 19.4 Å². The lowest BCUT2D eigenvalue weighted by Crippen LogP contribution is -2.19. The molecule has 78 valence electrons. The fraction of sp³-hybridized carbons (Fsp3) is 0.556. The molecule has 5 heteroatoms. The monoisotopic (exact) mass is 198 g/mol. The molecule has 0 aliphatic carbocycles. The lowest BCUT2D eigenvalue weighted by Gasteiger charge is -2.13. The topological polar surface area (TPSA) is 66.6 Å². The van der Waals surface area contributed by atoms with Crippen molar-refractivity contribution >= 4 is 5.97 Å². The molecule has 0 unspecified atom stereocenters.